The van der Waals surface area contributed by atoms with Gasteiger partial charge in [0.25, 0.3) is 0 Å². The van der Waals surface area contributed by atoms with Crippen LogP contribution in [0.2, 0.25) is 0 Å². The number of rotatable bonds is 5. The molecule has 3 nitrogen and oxygen atoms in total. The molecule has 3 heteroatoms. The van der Waals surface area contributed by atoms with Gasteiger partial charge in [-0.05, 0) is 31.7 Å². The van der Waals surface area contributed by atoms with E-state index in [1.807, 2.05) is 38.1 Å². The molecule has 1 aromatic rings. The van der Waals surface area contributed by atoms with Crippen molar-refractivity contribution >= 4 is 11.8 Å². The number of Topliss-reactive ketones (excluding diaryl/α,β-unsaturated/α-hetero) is 1. The molecule has 2 atom stereocenters. The minimum absolute atomic E-state index is 0.0235. The van der Waals surface area contributed by atoms with Gasteiger partial charge in [0, 0.05) is 5.92 Å². The molecule has 0 heterocycles. The van der Waals surface area contributed by atoms with E-state index in [9.17, 15) is 9.59 Å². The third kappa shape index (κ3) is 3.27. The Balaban J connectivity index is 1.98. The van der Waals surface area contributed by atoms with Gasteiger partial charge in [0.1, 0.15) is 5.92 Å². The molecule has 0 radical (unpaired) electrons. The van der Waals surface area contributed by atoms with Crippen molar-refractivity contribution in [1.82, 2.24) is 0 Å². The molecular formula is C17H22O3. The summed E-state index contributed by atoms with van der Waals surface area (Å²) < 4.78 is 5.18. The van der Waals surface area contributed by atoms with Gasteiger partial charge in [-0.15, -0.1) is 0 Å². The summed E-state index contributed by atoms with van der Waals surface area (Å²) in [4.78, 5) is 24.3. The van der Waals surface area contributed by atoms with Gasteiger partial charge >= 0.3 is 5.97 Å². The smallest absolute Gasteiger partial charge is 0.316 e. The Bertz CT molecular complexity index is 476. The number of ether oxygens (including phenoxy) is 1. The van der Waals surface area contributed by atoms with E-state index in [0.717, 1.165) is 24.8 Å². The Morgan fingerprint density at radius 2 is 1.95 bits per heavy atom. The molecular weight excluding hydrogens is 252 g/mol. The molecule has 0 aromatic heterocycles. The van der Waals surface area contributed by atoms with E-state index < -0.39 is 5.92 Å². The maximum Gasteiger partial charge on any atom is 0.316 e. The van der Waals surface area contributed by atoms with Crippen LogP contribution in [0.15, 0.2) is 24.3 Å². The lowest BCUT2D eigenvalue weighted by molar-refractivity contribution is -0.151. The molecule has 1 aliphatic carbocycles. The van der Waals surface area contributed by atoms with Gasteiger partial charge in [0.2, 0.25) is 0 Å². The summed E-state index contributed by atoms with van der Waals surface area (Å²) in [6.07, 6.45) is 3.20. The average molecular weight is 274 g/mol. The lowest BCUT2D eigenvalue weighted by Crippen LogP contribution is -2.24. The number of carbonyl (C=O) groups excluding carboxylic acids is 2. The van der Waals surface area contributed by atoms with Crippen molar-refractivity contribution in [3.63, 3.8) is 0 Å². The Morgan fingerprint density at radius 3 is 2.60 bits per heavy atom. The van der Waals surface area contributed by atoms with Gasteiger partial charge in [0.15, 0.2) is 5.78 Å². The predicted octanol–water partition coefficient (Wildman–Crippen LogP) is 3.40. The summed E-state index contributed by atoms with van der Waals surface area (Å²) in [6.45, 7) is 4.49. The van der Waals surface area contributed by atoms with Crippen molar-refractivity contribution in [3.05, 3.63) is 35.4 Å². The molecule has 1 fully saturated rings. The SMILES string of the molecule is CCCCOC(=O)C1CCC(c2ccc(C)cc2)C1=O. The van der Waals surface area contributed by atoms with Crippen LogP contribution in [0.25, 0.3) is 0 Å². The standard InChI is InChI=1S/C17H22O3/c1-3-4-11-20-17(19)15-10-9-14(16(15)18)13-7-5-12(2)6-8-13/h5-8,14-15H,3-4,9-11H2,1-2H3. The summed E-state index contributed by atoms with van der Waals surface area (Å²) in [5.41, 5.74) is 2.19. The second-order valence-electron chi connectivity index (χ2n) is 5.52. The van der Waals surface area contributed by atoms with Crippen molar-refractivity contribution in [2.75, 3.05) is 6.61 Å². The van der Waals surface area contributed by atoms with Gasteiger partial charge in [0.05, 0.1) is 6.61 Å². The van der Waals surface area contributed by atoms with Crippen LogP contribution in [0.5, 0.6) is 0 Å². The summed E-state index contributed by atoms with van der Waals surface area (Å²) in [5, 5.41) is 0. The van der Waals surface area contributed by atoms with Crippen molar-refractivity contribution in [1.29, 1.82) is 0 Å². The normalized spacial score (nSPS) is 22.0. The highest BCUT2D eigenvalue weighted by Gasteiger charge is 2.40. The molecule has 108 valence electrons. The zero-order valence-corrected chi connectivity index (χ0v) is 12.2. The largest absolute Gasteiger partial charge is 0.465 e. The van der Waals surface area contributed by atoms with Crippen molar-refractivity contribution in [2.45, 2.75) is 45.4 Å². The van der Waals surface area contributed by atoms with Crippen LogP contribution < -0.4 is 0 Å². The molecule has 1 aromatic carbocycles. The van der Waals surface area contributed by atoms with Crippen LogP contribution in [-0.4, -0.2) is 18.4 Å². The third-order valence-electron chi connectivity index (χ3n) is 3.94. The van der Waals surface area contributed by atoms with Crippen LogP contribution in [-0.2, 0) is 14.3 Å². The number of aryl methyl sites for hydroxylation is 1. The van der Waals surface area contributed by atoms with Crippen LogP contribution in [0, 0.1) is 12.8 Å². The molecule has 0 amide bonds. The minimum Gasteiger partial charge on any atom is -0.465 e. The molecule has 1 saturated carbocycles. The fraction of sp³-hybridized carbons (Fsp3) is 0.529. The maximum absolute atomic E-state index is 12.4. The summed E-state index contributed by atoms with van der Waals surface area (Å²) in [6, 6.07) is 8.00. The van der Waals surface area contributed by atoms with Gasteiger partial charge in [-0.25, -0.2) is 0 Å². The van der Waals surface area contributed by atoms with E-state index in [1.165, 1.54) is 5.56 Å². The van der Waals surface area contributed by atoms with E-state index in [0.29, 0.717) is 13.0 Å². The number of esters is 1. The minimum atomic E-state index is -0.557. The van der Waals surface area contributed by atoms with E-state index in [4.69, 9.17) is 4.74 Å². The molecule has 0 aliphatic heterocycles. The number of carbonyl (C=O) groups is 2. The van der Waals surface area contributed by atoms with Crippen molar-refractivity contribution in [2.24, 2.45) is 5.92 Å². The van der Waals surface area contributed by atoms with Crippen LogP contribution >= 0.6 is 0 Å². The fourth-order valence-electron chi connectivity index (χ4n) is 2.64. The van der Waals surface area contributed by atoms with Gasteiger partial charge in [-0.2, -0.15) is 0 Å². The number of hydrogen-bond donors (Lipinski definition) is 0. The average Bonchev–Trinajstić information content (AvgIpc) is 2.82. The molecule has 1 aliphatic rings. The van der Waals surface area contributed by atoms with Gasteiger partial charge in [-0.1, -0.05) is 43.2 Å². The Labute approximate surface area is 120 Å². The Hall–Kier alpha value is -1.64. The van der Waals surface area contributed by atoms with E-state index in [1.54, 1.807) is 0 Å². The first-order valence-electron chi connectivity index (χ1n) is 7.40. The quantitative estimate of drug-likeness (QED) is 0.469. The van der Waals surface area contributed by atoms with Crippen LogP contribution in [0.3, 0.4) is 0 Å². The first-order chi connectivity index (χ1) is 9.63. The second kappa shape index (κ2) is 6.69. The highest BCUT2D eigenvalue weighted by atomic mass is 16.5. The van der Waals surface area contributed by atoms with Crippen molar-refractivity contribution < 1.29 is 14.3 Å². The van der Waals surface area contributed by atoms with Gasteiger partial charge in [-0.3, -0.25) is 9.59 Å². The number of benzene rings is 1. The Morgan fingerprint density at radius 1 is 1.25 bits per heavy atom. The monoisotopic (exact) mass is 274 g/mol. The first kappa shape index (κ1) is 14.8. The number of unbranched alkanes of at least 4 members (excludes halogenated alkanes) is 1. The highest BCUT2D eigenvalue weighted by molar-refractivity contribution is 6.03. The molecule has 2 rings (SSSR count). The summed E-state index contributed by atoms with van der Waals surface area (Å²) in [7, 11) is 0. The number of ketones is 1. The maximum atomic E-state index is 12.4. The second-order valence-corrected chi connectivity index (χ2v) is 5.52. The zero-order valence-electron chi connectivity index (χ0n) is 12.2. The van der Waals surface area contributed by atoms with E-state index >= 15 is 0 Å². The molecule has 20 heavy (non-hydrogen) atoms. The molecule has 0 bridgehead atoms. The molecule has 0 N–H and O–H groups in total. The van der Waals surface area contributed by atoms with Crippen LogP contribution in [0.1, 0.15) is 49.7 Å². The van der Waals surface area contributed by atoms with Gasteiger partial charge < -0.3 is 4.74 Å². The predicted molar refractivity (Wildman–Crippen MR) is 77.5 cm³/mol. The lowest BCUT2D eigenvalue weighted by Gasteiger charge is -2.11. The highest BCUT2D eigenvalue weighted by Crippen LogP contribution is 2.35. The topological polar surface area (TPSA) is 43.4 Å². The molecule has 0 spiro atoms. The van der Waals surface area contributed by atoms with E-state index in [2.05, 4.69) is 0 Å². The fourth-order valence-corrected chi connectivity index (χ4v) is 2.64. The molecule has 2 unspecified atom stereocenters. The summed E-state index contributed by atoms with van der Waals surface area (Å²) >= 11 is 0. The third-order valence-corrected chi connectivity index (χ3v) is 3.94. The first-order valence-corrected chi connectivity index (χ1v) is 7.40. The van der Waals surface area contributed by atoms with E-state index in [-0.39, 0.29) is 17.7 Å². The van der Waals surface area contributed by atoms with Crippen molar-refractivity contribution in [3.8, 4) is 0 Å². The zero-order chi connectivity index (χ0) is 14.5. The lowest BCUT2D eigenvalue weighted by atomic mass is 9.94. The summed E-state index contributed by atoms with van der Waals surface area (Å²) in [5.74, 6) is -1.01. The Kier molecular flexibility index (Phi) is 4.94. The number of hydrogen-bond acceptors (Lipinski definition) is 3. The van der Waals surface area contributed by atoms with Crippen LogP contribution in [0.4, 0.5) is 0 Å². The molecule has 0 saturated heterocycles.